The van der Waals surface area contributed by atoms with E-state index in [1.54, 1.807) is 29.2 Å². The molecule has 3 aromatic carbocycles. The van der Waals surface area contributed by atoms with Gasteiger partial charge in [0.05, 0.1) is 10.6 Å². The van der Waals surface area contributed by atoms with E-state index >= 15 is 0 Å². The molecule has 0 radical (unpaired) electrons. The minimum atomic E-state index is -3.81. The quantitative estimate of drug-likeness (QED) is 0.636. The third kappa shape index (κ3) is 3.45. The summed E-state index contributed by atoms with van der Waals surface area (Å²) in [5.41, 5.74) is 3.20. The largest absolute Gasteiger partial charge is 0.368 e. The highest BCUT2D eigenvalue weighted by molar-refractivity contribution is 7.93. The van der Waals surface area contributed by atoms with Crippen molar-refractivity contribution < 1.29 is 13.2 Å². The first-order valence-electron chi connectivity index (χ1n) is 10.3. The second-order valence-electron chi connectivity index (χ2n) is 7.73. The fraction of sp³-hybridized carbons (Fsp3) is 0.208. The van der Waals surface area contributed by atoms with Gasteiger partial charge in [-0.25, -0.2) is 8.42 Å². The van der Waals surface area contributed by atoms with E-state index in [1.807, 2.05) is 42.5 Å². The lowest BCUT2D eigenvalue weighted by Crippen LogP contribution is -2.52. The van der Waals surface area contributed by atoms with Gasteiger partial charge in [-0.1, -0.05) is 54.6 Å². The summed E-state index contributed by atoms with van der Waals surface area (Å²) in [5, 5.41) is 0. The minimum absolute atomic E-state index is 0.175. The van der Waals surface area contributed by atoms with Crippen molar-refractivity contribution in [2.24, 2.45) is 0 Å². The monoisotopic (exact) mass is 433 g/mol. The molecule has 2 aliphatic rings. The number of rotatable bonds is 3. The normalized spacial score (nSPS) is 17.1. The Bertz CT molecular complexity index is 1220. The molecule has 0 N–H and O–H groups in total. The van der Waals surface area contributed by atoms with Crippen LogP contribution in [0.1, 0.15) is 0 Å². The second-order valence-corrected chi connectivity index (χ2v) is 9.56. The highest BCUT2D eigenvalue weighted by atomic mass is 32.2. The fourth-order valence-electron chi connectivity index (χ4n) is 4.33. The molecule has 5 rings (SSSR count). The van der Waals surface area contributed by atoms with E-state index in [1.165, 1.54) is 4.31 Å². The van der Waals surface area contributed by atoms with Crippen LogP contribution >= 0.6 is 0 Å². The molecule has 31 heavy (non-hydrogen) atoms. The Morgan fingerprint density at radius 1 is 0.742 bits per heavy atom. The summed E-state index contributed by atoms with van der Waals surface area (Å²) in [6.45, 7) is 2.39. The molecular formula is C24H23N3O3S. The first kappa shape index (κ1) is 19.6. The van der Waals surface area contributed by atoms with Crippen molar-refractivity contribution in [1.82, 2.24) is 4.90 Å². The van der Waals surface area contributed by atoms with E-state index in [2.05, 4.69) is 17.0 Å². The highest BCUT2D eigenvalue weighted by Crippen LogP contribution is 2.42. The number of hydrogen-bond donors (Lipinski definition) is 0. The zero-order chi connectivity index (χ0) is 21.4. The summed E-state index contributed by atoms with van der Waals surface area (Å²) in [6.07, 6.45) is 0. The van der Waals surface area contributed by atoms with E-state index < -0.39 is 10.0 Å². The maximum Gasteiger partial charge on any atom is 0.265 e. The smallest absolute Gasteiger partial charge is 0.265 e. The first-order chi connectivity index (χ1) is 15.1. The molecule has 1 fully saturated rings. The number of carbonyl (C=O) groups excluding carboxylic acids is 1. The predicted molar refractivity (Wildman–Crippen MR) is 122 cm³/mol. The van der Waals surface area contributed by atoms with Crippen LogP contribution in [0.2, 0.25) is 0 Å². The molecule has 1 saturated heterocycles. The van der Waals surface area contributed by atoms with Gasteiger partial charge in [0, 0.05) is 43.0 Å². The Morgan fingerprint density at radius 3 is 2.10 bits per heavy atom. The van der Waals surface area contributed by atoms with E-state index in [4.69, 9.17) is 0 Å². The molecule has 0 aromatic heterocycles. The molecular weight excluding hydrogens is 410 g/mol. The highest BCUT2D eigenvalue weighted by Gasteiger charge is 2.36. The number of anilines is 2. The average Bonchev–Trinajstić information content (AvgIpc) is 2.82. The number of nitrogens with zero attached hydrogens (tertiary/aromatic N) is 3. The van der Waals surface area contributed by atoms with Crippen LogP contribution < -0.4 is 9.21 Å². The SMILES string of the molecule is O=C(CN1c2ccccc2-c2ccccc2S1(=O)=O)N1CCN(c2ccccc2)CC1. The van der Waals surface area contributed by atoms with Gasteiger partial charge in [0.25, 0.3) is 10.0 Å². The summed E-state index contributed by atoms with van der Waals surface area (Å²) >= 11 is 0. The molecule has 158 valence electrons. The van der Waals surface area contributed by atoms with Gasteiger partial charge in [-0.05, 0) is 24.3 Å². The van der Waals surface area contributed by atoms with E-state index in [0.29, 0.717) is 24.3 Å². The Labute approximate surface area is 182 Å². The average molecular weight is 434 g/mol. The number of piperazine rings is 1. The Balaban J connectivity index is 1.37. The van der Waals surface area contributed by atoms with Gasteiger partial charge >= 0.3 is 0 Å². The second kappa shape index (κ2) is 7.74. The summed E-state index contributed by atoms with van der Waals surface area (Å²) < 4.78 is 28.0. The van der Waals surface area contributed by atoms with Crippen molar-refractivity contribution in [1.29, 1.82) is 0 Å². The molecule has 0 unspecified atom stereocenters. The van der Waals surface area contributed by atoms with Crippen LogP contribution in [0, 0.1) is 0 Å². The Morgan fingerprint density at radius 2 is 1.35 bits per heavy atom. The third-order valence-electron chi connectivity index (χ3n) is 5.95. The van der Waals surface area contributed by atoms with Gasteiger partial charge < -0.3 is 9.80 Å². The Hall–Kier alpha value is -3.32. The van der Waals surface area contributed by atoms with Crippen molar-refractivity contribution in [3.63, 3.8) is 0 Å². The number of amides is 1. The maximum atomic E-state index is 13.4. The third-order valence-corrected chi connectivity index (χ3v) is 7.77. The zero-order valence-corrected chi connectivity index (χ0v) is 17.8. The zero-order valence-electron chi connectivity index (χ0n) is 17.0. The van der Waals surface area contributed by atoms with E-state index in [0.717, 1.165) is 24.3 Å². The van der Waals surface area contributed by atoms with Crippen molar-refractivity contribution in [2.75, 3.05) is 41.9 Å². The summed E-state index contributed by atoms with van der Waals surface area (Å²) in [6, 6.07) is 24.4. The summed E-state index contributed by atoms with van der Waals surface area (Å²) in [5.74, 6) is -0.175. The Kier molecular flexibility index (Phi) is 4.90. The van der Waals surface area contributed by atoms with Crippen LogP contribution in [-0.2, 0) is 14.8 Å². The molecule has 6 nitrogen and oxygen atoms in total. The predicted octanol–water partition coefficient (Wildman–Crippen LogP) is 3.21. The topological polar surface area (TPSA) is 60.9 Å². The van der Waals surface area contributed by atoms with Crippen LogP contribution in [0.4, 0.5) is 11.4 Å². The number of fused-ring (bicyclic) bond motifs is 3. The molecule has 0 bridgehead atoms. The van der Waals surface area contributed by atoms with Crippen molar-refractivity contribution in [3.05, 3.63) is 78.9 Å². The van der Waals surface area contributed by atoms with Crippen LogP contribution in [0.15, 0.2) is 83.8 Å². The molecule has 2 heterocycles. The van der Waals surface area contributed by atoms with Crippen LogP contribution in [0.25, 0.3) is 11.1 Å². The van der Waals surface area contributed by atoms with Gasteiger partial charge in [-0.15, -0.1) is 0 Å². The number of carbonyl (C=O) groups is 1. The minimum Gasteiger partial charge on any atom is -0.368 e. The fourth-order valence-corrected chi connectivity index (χ4v) is 5.97. The molecule has 1 amide bonds. The lowest BCUT2D eigenvalue weighted by atomic mass is 10.0. The number of benzene rings is 3. The van der Waals surface area contributed by atoms with E-state index in [-0.39, 0.29) is 17.3 Å². The van der Waals surface area contributed by atoms with Gasteiger partial charge in [0.2, 0.25) is 5.91 Å². The number of sulfonamides is 1. The first-order valence-corrected chi connectivity index (χ1v) is 11.8. The summed E-state index contributed by atoms with van der Waals surface area (Å²) in [4.78, 5) is 17.4. The summed E-state index contributed by atoms with van der Waals surface area (Å²) in [7, 11) is -3.81. The lowest BCUT2D eigenvalue weighted by molar-refractivity contribution is -0.129. The molecule has 2 aliphatic heterocycles. The maximum absolute atomic E-state index is 13.4. The van der Waals surface area contributed by atoms with Crippen molar-refractivity contribution in [3.8, 4) is 11.1 Å². The molecule has 0 spiro atoms. The number of para-hydroxylation sites is 2. The van der Waals surface area contributed by atoms with Crippen molar-refractivity contribution in [2.45, 2.75) is 4.90 Å². The lowest BCUT2D eigenvalue weighted by Gasteiger charge is -2.38. The molecule has 0 saturated carbocycles. The molecule has 7 heteroatoms. The van der Waals surface area contributed by atoms with Crippen LogP contribution in [-0.4, -0.2) is 51.9 Å². The van der Waals surface area contributed by atoms with Gasteiger partial charge in [-0.3, -0.25) is 9.10 Å². The van der Waals surface area contributed by atoms with Crippen molar-refractivity contribution >= 4 is 27.3 Å². The standard InChI is InChI=1S/C24H23N3O3S/c28-24(26-16-14-25(15-17-26)19-8-2-1-3-9-19)18-27-22-12-6-4-10-20(22)21-11-5-7-13-23(21)31(27,29)30/h1-13H,14-18H2. The van der Waals surface area contributed by atoms with Gasteiger partial charge in [0.1, 0.15) is 6.54 Å². The van der Waals surface area contributed by atoms with Gasteiger partial charge in [0.15, 0.2) is 0 Å². The van der Waals surface area contributed by atoms with Crippen LogP contribution in [0.3, 0.4) is 0 Å². The molecule has 0 aliphatic carbocycles. The molecule has 3 aromatic rings. The van der Waals surface area contributed by atoms with Crippen LogP contribution in [0.5, 0.6) is 0 Å². The molecule has 0 atom stereocenters. The van der Waals surface area contributed by atoms with Gasteiger partial charge in [-0.2, -0.15) is 0 Å². The van der Waals surface area contributed by atoms with E-state index in [9.17, 15) is 13.2 Å². The number of hydrogen-bond acceptors (Lipinski definition) is 4.